The molecular formula is C18H22N6O5. The second-order valence-corrected chi connectivity index (χ2v) is 6.76. The maximum atomic E-state index is 10.5. The van der Waals surface area contributed by atoms with Crippen LogP contribution >= 0.6 is 0 Å². The zero-order valence-corrected chi connectivity index (χ0v) is 15.3. The van der Waals surface area contributed by atoms with Crippen molar-refractivity contribution in [2.45, 2.75) is 30.6 Å². The summed E-state index contributed by atoms with van der Waals surface area (Å²) in [6.07, 6.45) is -3.44. The average molecular weight is 402 g/mol. The van der Waals surface area contributed by atoms with E-state index in [0.717, 1.165) is 5.56 Å². The lowest BCUT2D eigenvalue weighted by Gasteiger charge is -2.22. The normalized spacial score (nSPS) is 25.4. The monoisotopic (exact) mass is 402 g/mol. The van der Waals surface area contributed by atoms with E-state index in [-0.39, 0.29) is 29.5 Å². The number of rotatable bonds is 6. The molecule has 1 fully saturated rings. The predicted octanol–water partition coefficient (Wildman–Crippen LogP) is -0.835. The third kappa shape index (κ3) is 3.39. The molecule has 0 saturated carbocycles. The molecule has 1 aliphatic rings. The molecule has 4 rings (SSSR count). The maximum absolute atomic E-state index is 10.5. The summed E-state index contributed by atoms with van der Waals surface area (Å²) in [5.41, 5.74) is 7.30. The molecule has 29 heavy (non-hydrogen) atoms. The summed E-state index contributed by atoms with van der Waals surface area (Å²) in [5, 5.41) is 43.1. The molecule has 0 aliphatic carbocycles. The van der Waals surface area contributed by atoms with E-state index in [1.165, 1.54) is 10.9 Å². The van der Waals surface area contributed by atoms with E-state index in [9.17, 15) is 20.4 Å². The SMILES string of the molecule is Nc1ncnc2c1nc(N[C@H](CO)c1ccccc1)n2[C@@H]1O[C@H](CO)[C@@H](O)[C@H]1O. The minimum absolute atomic E-state index is 0.129. The Kier molecular flexibility index (Phi) is 5.30. The zero-order chi connectivity index (χ0) is 20.5. The highest BCUT2D eigenvalue weighted by Crippen LogP contribution is 2.36. The first-order chi connectivity index (χ1) is 14.0. The molecule has 1 aliphatic heterocycles. The number of aliphatic hydroxyl groups is 4. The van der Waals surface area contributed by atoms with Crippen molar-refractivity contribution in [3.8, 4) is 0 Å². The quantitative estimate of drug-likeness (QED) is 0.305. The summed E-state index contributed by atoms with van der Waals surface area (Å²) >= 11 is 0. The van der Waals surface area contributed by atoms with Crippen LogP contribution in [0.15, 0.2) is 36.7 Å². The first kappa shape index (κ1) is 19.5. The summed E-state index contributed by atoms with van der Waals surface area (Å²) < 4.78 is 7.11. The first-order valence-corrected chi connectivity index (χ1v) is 9.08. The molecule has 3 aromatic rings. The van der Waals surface area contributed by atoms with Crippen LogP contribution in [0.5, 0.6) is 0 Å². The van der Waals surface area contributed by atoms with Gasteiger partial charge in [-0.15, -0.1) is 0 Å². The minimum atomic E-state index is -1.34. The number of nitrogens with one attached hydrogen (secondary N) is 1. The molecule has 0 unspecified atom stereocenters. The third-order valence-corrected chi connectivity index (χ3v) is 4.96. The smallest absolute Gasteiger partial charge is 0.208 e. The summed E-state index contributed by atoms with van der Waals surface area (Å²) in [7, 11) is 0. The Bertz CT molecular complexity index is 984. The summed E-state index contributed by atoms with van der Waals surface area (Å²) in [5.74, 6) is 0.341. The van der Waals surface area contributed by atoms with E-state index >= 15 is 0 Å². The number of hydrogen-bond acceptors (Lipinski definition) is 10. The molecule has 11 nitrogen and oxygen atoms in total. The van der Waals surface area contributed by atoms with Gasteiger partial charge in [0.05, 0.1) is 19.3 Å². The summed E-state index contributed by atoms with van der Waals surface area (Å²) in [6.45, 7) is -0.700. The lowest BCUT2D eigenvalue weighted by atomic mass is 10.1. The standard InChI is InChI=1S/C18H22N6O5/c19-15-12-16(21-8-20-15)24(17-14(28)13(27)11(7-26)29-17)18(23-12)22-10(6-25)9-4-2-1-3-5-9/h1-5,8,10-11,13-14,17,25-28H,6-7H2,(H,22,23)(H2,19,20,21)/t10-,11-,13-,14-,17-/m1/s1. The van der Waals surface area contributed by atoms with Crippen LogP contribution in [0.2, 0.25) is 0 Å². The molecule has 7 N–H and O–H groups in total. The van der Waals surface area contributed by atoms with Gasteiger partial charge < -0.3 is 36.2 Å². The van der Waals surface area contributed by atoms with E-state index in [1.807, 2.05) is 30.3 Å². The molecule has 154 valence electrons. The highest BCUT2D eigenvalue weighted by molar-refractivity contribution is 5.84. The summed E-state index contributed by atoms with van der Waals surface area (Å²) in [6, 6.07) is 8.74. The van der Waals surface area contributed by atoms with Crippen molar-refractivity contribution < 1.29 is 25.2 Å². The Labute approximate surface area is 165 Å². The number of nitrogens with zero attached hydrogens (tertiary/aromatic N) is 4. The van der Waals surface area contributed by atoms with Crippen LogP contribution < -0.4 is 11.1 Å². The third-order valence-electron chi connectivity index (χ3n) is 4.96. The fourth-order valence-corrected chi connectivity index (χ4v) is 3.44. The van der Waals surface area contributed by atoms with Gasteiger partial charge in [0.25, 0.3) is 0 Å². The van der Waals surface area contributed by atoms with E-state index in [2.05, 4.69) is 20.3 Å². The van der Waals surface area contributed by atoms with Crippen molar-refractivity contribution in [2.24, 2.45) is 0 Å². The van der Waals surface area contributed by atoms with Crippen molar-refractivity contribution in [3.63, 3.8) is 0 Å². The van der Waals surface area contributed by atoms with E-state index in [1.54, 1.807) is 0 Å². The van der Waals surface area contributed by atoms with Gasteiger partial charge in [-0.05, 0) is 5.56 Å². The van der Waals surface area contributed by atoms with Crippen molar-refractivity contribution in [3.05, 3.63) is 42.2 Å². The molecule has 1 aromatic carbocycles. The fraction of sp³-hybridized carbons (Fsp3) is 0.389. The molecule has 0 bridgehead atoms. The van der Waals surface area contributed by atoms with Gasteiger partial charge in [0, 0.05) is 0 Å². The number of nitrogens with two attached hydrogens (primary N) is 1. The van der Waals surface area contributed by atoms with Crippen molar-refractivity contribution in [1.82, 2.24) is 19.5 Å². The van der Waals surface area contributed by atoms with Gasteiger partial charge >= 0.3 is 0 Å². The number of ether oxygens (including phenoxy) is 1. The van der Waals surface area contributed by atoms with Gasteiger partial charge in [-0.3, -0.25) is 4.57 Å². The number of aliphatic hydroxyl groups excluding tert-OH is 4. The average Bonchev–Trinajstić information content (AvgIpc) is 3.25. The Hall–Kier alpha value is -2.83. The summed E-state index contributed by atoms with van der Waals surface area (Å²) in [4.78, 5) is 12.6. The Morgan fingerprint density at radius 1 is 1.14 bits per heavy atom. The van der Waals surface area contributed by atoms with Crippen LogP contribution in [0, 0.1) is 0 Å². The van der Waals surface area contributed by atoms with Crippen molar-refractivity contribution >= 4 is 22.9 Å². The van der Waals surface area contributed by atoms with Gasteiger partial charge in [0.15, 0.2) is 23.2 Å². The number of fused-ring (bicyclic) bond motifs is 1. The molecule has 0 spiro atoms. The number of nitrogen functional groups attached to an aromatic ring is 1. The highest BCUT2D eigenvalue weighted by Gasteiger charge is 2.45. The van der Waals surface area contributed by atoms with Crippen LogP contribution in [0.3, 0.4) is 0 Å². The van der Waals surface area contributed by atoms with Gasteiger partial charge in [0.2, 0.25) is 5.95 Å². The van der Waals surface area contributed by atoms with Crippen LogP contribution in [0.25, 0.3) is 11.2 Å². The second-order valence-electron chi connectivity index (χ2n) is 6.76. The van der Waals surface area contributed by atoms with Crippen LogP contribution in [-0.4, -0.2) is 71.5 Å². The van der Waals surface area contributed by atoms with Crippen LogP contribution in [-0.2, 0) is 4.74 Å². The molecule has 2 aromatic heterocycles. The van der Waals surface area contributed by atoms with E-state index in [4.69, 9.17) is 10.5 Å². The number of aromatic nitrogens is 4. The first-order valence-electron chi connectivity index (χ1n) is 9.08. The van der Waals surface area contributed by atoms with E-state index in [0.29, 0.717) is 0 Å². The molecule has 1 saturated heterocycles. The fourth-order valence-electron chi connectivity index (χ4n) is 3.44. The molecule has 0 radical (unpaired) electrons. The second kappa shape index (κ2) is 7.89. The van der Waals surface area contributed by atoms with Crippen LogP contribution in [0.1, 0.15) is 17.8 Å². The van der Waals surface area contributed by atoms with Gasteiger partial charge in [-0.25, -0.2) is 15.0 Å². The van der Waals surface area contributed by atoms with Crippen LogP contribution in [0.4, 0.5) is 11.8 Å². The molecule has 0 amide bonds. The minimum Gasteiger partial charge on any atom is -0.394 e. The van der Waals surface area contributed by atoms with E-state index < -0.39 is 37.2 Å². The Morgan fingerprint density at radius 3 is 2.55 bits per heavy atom. The van der Waals surface area contributed by atoms with Crippen molar-refractivity contribution in [2.75, 3.05) is 24.3 Å². The highest BCUT2D eigenvalue weighted by atomic mass is 16.6. The number of anilines is 2. The lowest BCUT2D eigenvalue weighted by Crippen LogP contribution is -2.33. The molecular weight excluding hydrogens is 380 g/mol. The molecule has 5 atom stereocenters. The lowest BCUT2D eigenvalue weighted by molar-refractivity contribution is -0.0502. The molecule has 3 heterocycles. The number of hydrogen-bond donors (Lipinski definition) is 6. The van der Waals surface area contributed by atoms with Gasteiger partial charge in [0.1, 0.15) is 24.6 Å². The predicted molar refractivity (Wildman–Crippen MR) is 103 cm³/mol. The number of benzene rings is 1. The van der Waals surface area contributed by atoms with Gasteiger partial charge in [-0.2, -0.15) is 0 Å². The van der Waals surface area contributed by atoms with Crippen molar-refractivity contribution in [1.29, 1.82) is 0 Å². The number of imidazole rings is 1. The Morgan fingerprint density at radius 2 is 1.90 bits per heavy atom. The zero-order valence-electron chi connectivity index (χ0n) is 15.3. The largest absolute Gasteiger partial charge is 0.394 e. The van der Waals surface area contributed by atoms with Gasteiger partial charge in [-0.1, -0.05) is 30.3 Å². The maximum Gasteiger partial charge on any atom is 0.208 e. The topological polar surface area (TPSA) is 172 Å². The molecule has 11 heteroatoms. The Balaban J connectivity index is 1.80.